The minimum Gasteiger partial charge on any atom is -0.354 e. The number of thioether (sulfide) groups is 2. The van der Waals surface area contributed by atoms with Gasteiger partial charge in [0, 0.05) is 19.2 Å². The lowest BCUT2D eigenvalue weighted by Crippen LogP contribution is -2.37. The first-order valence-electron chi connectivity index (χ1n) is 8.37. The molecule has 0 saturated carbocycles. The van der Waals surface area contributed by atoms with Crippen LogP contribution >= 0.6 is 35.1 Å². The van der Waals surface area contributed by atoms with Crippen molar-refractivity contribution in [3.05, 3.63) is 43.8 Å². The molecule has 3 amide bonds. The van der Waals surface area contributed by atoms with Crippen molar-refractivity contribution in [1.82, 2.24) is 10.2 Å². The molecule has 28 heavy (non-hydrogen) atoms. The van der Waals surface area contributed by atoms with Gasteiger partial charge >= 0.3 is 0 Å². The molecule has 0 bridgehead atoms. The van der Waals surface area contributed by atoms with Crippen LogP contribution in [0.25, 0.3) is 6.08 Å². The summed E-state index contributed by atoms with van der Waals surface area (Å²) < 4.78 is 0. The molecule has 0 aromatic heterocycles. The zero-order valence-electron chi connectivity index (χ0n) is 15.0. The Morgan fingerprint density at radius 1 is 1.43 bits per heavy atom. The molecule has 1 saturated heterocycles. The van der Waals surface area contributed by atoms with Gasteiger partial charge in [-0.25, -0.2) is 0 Å². The summed E-state index contributed by atoms with van der Waals surface area (Å²) in [5, 5.41) is 13.2. The van der Waals surface area contributed by atoms with E-state index in [2.05, 4.69) is 5.32 Å². The third kappa shape index (κ3) is 5.98. The third-order valence-corrected chi connectivity index (χ3v) is 5.97. The highest BCUT2D eigenvalue weighted by molar-refractivity contribution is 8.18. The molecular weight excluding hydrogens is 426 g/mol. The molecule has 1 aliphatic heterocycles. The summed E-state index contributed by atoms with van der Waals surface area (Å²) >= 11 is 8.04. The van der Waals surface area contributed by atoms with Crippen LogP contribution in [0.15, 0.2) is 23.1 Å². The fourth-order valence-corrected chi connectivity index (χ4v) is 4.04. The number of imide groups is 1. The molecule has 11 heteroatoms. The van der Waals surface area contributed by atoms with Crippen molar-refractivity contribution in [2.45, 2.75) is 13.3 Å². The minimum atomic E-state index is -0.618. The second kappa shape index (κ2) is 10.5. The van der Waals surface area contributed by atoms with Gasteiger partial charge in [0.05, 0.1) is 15.6 Å². The van der Waals surface area contributed by atoms with Crippen molar-refractivity contribution < 1.29 is 19.3 Å². The smallest absolute Gasteiger partial charge is 0.293 e. The van der Waals surface area contributed by atoms with Crippen molar-refractivity contribution in [1.29, 1.82) is 0 Å². The highest BCUT2D eigenvalue weighted by atomic mass is 35.5. The number of halogens is 1. The molecule has 2 rings (SSSR count). The standard InChI is InChI=1S/C17H18ClN3O5S2/c1-2-7-27-10-15(22)19-5-6-20-16(23)14(28-17(20)24)9-11-3-4-12(18)13(8-11)21(25)26/h3-4,8-9H,2,5-7,10H2,1H3,(H,19,22)/b14-9+. The second-order valence-corrected chi connectivity index (χ2v) is 8.21. The molecule has 0 radical (unpaired) electrons. The Morgan fingerprint density at radius 3 is 2.86 bits per heavy atom. The molecule has 1 heterocycles. The van der Waals surface area contributed by atoms with Crippen LogP contribution in [0.5, 0.6) is 0 Å². The lowest BCUT2D eigenvalue weighted by molar-refractivity contribution is -0.384. The van der Waals surface area contributed by atoms with Gasteiger partial charge in [-0.05, 0) is 41.6 Å². The van der Waals surface area contributed by atoms with Crippen molar-refractivity contribution in [3.8, 4) is 0 Å². The third-order valence-electron chi connectivity index (χ3n) is 3.58. The largest absolute Gasteiger partial charge is 0.354 e. The van der Waals surface area contributed by atoms with Crippen LogP contribution in [0.4, 0.5) is 10.5 Å². The van der Waals surface area contributed by atoms with Gasteiger partial charge < -0.3 is 5.32 Å². The Bertz CT molecular complexity index is 831. The monoisotopic (exact) mass is 443 g/mol. The number of nitro benzene ring substituents is 1. The maximum Gasteiger partial charge on any atom is 0.293 e. The molecule has 0 unspecified atom stereocenters. The summed E-state index contributed by atoms with van der Waals surface area (Å²) in [6.07, 6.45) is 2.39. The summed E-state index contributed by atoms with van der Waals surface area (Å²) in [7, 11) is 0. The normalized spacial score (nSPS) is 15.4. The topological polar surface area (TPSA) is 110 Å². The second-order valence-electron chi connectivity index (χ2n) is 5.70. The summed E-state index contributed by atoms with van der Waals surface area (Å²) in [5.74, 6) is 0.589. The van der Waals surface area contributed by atoms with Gasteiger partial charge in [0.25, 0.3) is 16.8 Å². The molecule has 150 valence electrons. The van der Waals surface area contributed by atoms with Crippen LogP contribution < -0.4 is 5.32 Å². The van der Waals surface area contributed by atoms with Gasteiger partial charge in [-0.3, -0.25) is 29.4 Å². The van der Waals surface area contributed by atoms with Gasteiger partial charge in [-0.2, -0.15) is 11.8 Å². The molecule has 1 aromatic rings. The minimum absolute atomic E-state index is 0.0110. The average molecular weight is 444 g/mol. The number of amides is 3. The Morgan fingerprint density at radius 2 is 2.18 bits per heavy atom. The lowest BCUT2D eigenvalue weighted by Gasteiger charge is -2.12. The van der Waals surface area contributed by atoms with Gasteiger partial charge in [-0.1, -0.05) is 24.6 Å². The van der Waals surface area contributed by atoms with E-state index in [1.54, 1.807) is 0 Å². The van der Waals surface area contributed by atoms with Crippen molar-refractivity contribution in [2.75, 3.05) is 24.6 Å². The first-order chi connectivity index (χ1) is 13.3. The number of nitrogens with zero attached hydrogens (tertiary/aromatic N) is 2. The van der Waals surface area contributed by atoms with E-state index in [4.69, 9.17) is 11.6 Å². The molecule has 0 aliphatic carbocycles. The van der Waals surface area contributed by atoms with Crippen LogP contribution in [-0.2, 0) is 9.59 Å². The van der Waals surface area contributed by atoms with Crippen molar-refractivity contribution >= 4 is 63.9 Å². The molecule has 0 spiro atoms. The number of benzene rings is 1. The number of hydrogen-bond acceptors (Lipinski definition) is 7. The number of hydrogen-bond donors (Lipinski definition) is 1. The lowest BCUT2D eigenvalue weighted by atomic mass is 10.2. The van der Waals surface area contributed by atoms with E-state index in [1.807, 2.05) is 6.92 Å². The summed E-state index contributed by atoms with van der Waals surface area (Å²) in [5.41, 5.74) is 0.112. The first-order valence-corrected chi connectivity index (χ1v) is 10.7. The van der Waals surface area contributed by atoms with Crippen LogP contribution in [0, 0.1) is 10.1 Å². The van der Waals surface area contributed by atoms with Gasteiger partial charge in [0.1, 0.15) is 5.02 Å². The first kappa shape index (κ1) is 22.3. The highest BCUT2D eigenvalue weighted by Crippen LogP contribution is 2.33. The number of carbonyl (C=O) groups is 3. The number of nitrogens with one attached hydrogen (secondary N) is 1. The van der Waals surface area contributed by atoms with E-state index >= 15 is 0 Å². The quantitative estimate of drug-likeness (QED) is 0.269. The van der Waals surface area contributed by atoms with E-state index in [0.29, 0.717) is 11.3 Å². The Hall–Kier alpha value is -2.04. The highest BCUT2D eigenvalue weighted by Gasteiger charge is 2.34. The van der Waals surface area contributed by atoms with Crippen LogP contribution in [0.2, 0.25) is 5.02 Å². The van der Waals surface area contributed by atoms with E-state index in [-0.39, 0.29) is 34.6 Å². The van der Waals surface area contributed by atoms with Crippen molar-refractivity contribution in [2.24, 2.45) is 0 Å². The summed E-state index contributed by atoms with van der Waals surface area (Å²) in [6.45, 7) is 2.26. The molecule has 1 N–H and O–H groups in total. The number of rotatable bonds is 9. The predicted octanol–water partition coefficient (Wildman–Crippen LogP) is 3.54. The zero-order chi connectivity index (χ0) is 20.7. The van der Waals surface area contributed by atoms with Crippen LogP contribution in [-0.4, -0.2) is 51.5 Å². The number of nitro groups is 1. The van der Waals surface area contributed by atoms with Crippen molar-refractivity contribution in [3.63, 3.8) is 0 Å². The molecule has 8 nitrogen and oxygen atoms in total. The summed E-state index contributed by atoms with van der Waals surface area (Å²) in [4.78, 5) is 47.7. The fourth-order valence-electron chi connectivity index (χ4n) is 2.27. The molecule has 1 aromatic carbocycles. The zero-order valence-corrected chi connectivity index (χ0v) is 17.4. The Balaban J connectivity index is 1.97. The SMILES string of the molecule is CCCSCC(=O)NCCN1C(=O)S/C(=C/c2ccc(Cl)c([N+](=O)[O-])c2)C1=O. The molecule has 1 fully saturated rings. The van der Waals surface area contributed by atoms with Gasteiger partial charge in [0.15, 0.2) is 0 Å². The Kier molecular flexibility index (Phi) is 8.34. The van der Waals surface area contributed by atoms with E-state index < -0.39 is 16.1 Å². The van der Waals surface area contributed by atoms with Gasteiger partial charge in [-0.15, -0.1) is 0 Å². The van der Waals surface area contributed by atoms with Crippen LogP contribution in [0.3, 0.4) is 0 Å². The molecular formula is C17H18ClN3O5S2. The Labute approximate surface area is 175 Å². The number of carbonyl (C=O) groups excluding carboxylic acids is 3. The molecule has 1 aliphatic rings. The fraction of sp³-hybridized carbons (Fsp3) is 0.353. The van der Waals surface area contributed by atoms with E-state index in [1.165, 1.54) is 36.0 Å². The van der Waals surface area contributed by atoms with E-state index in [9.17, 15) is 24.5 Å². The van der Waals surface area contributed by atoms with Crippen LogP contribution in [0.1, 0.15) is 18.9 Å². The van der Waals surface area contributed by atoms with E-state index in [0.717, 1.165) is 28.8 Å². The molecule has 0 atom stereocenters. The average Bonchev–Trinajstić information content (AvgIpc) is 2.90. The van der Waals surface area contributed by atoms with Gasteiger partial charge in [0.2, 0.25) is 5.91 Å². The summed E-state index contributed by atoms with van der Waals surface area (Å²) in [6, 6.07) is 4.13. The maximum absolute atomic E-state index is 12.4. The predicted molar refractivity (Wildman–Crippen MR) is 111 cm³/mol. The maximum atomic E-state index is 12.4.